The SMILES string of the molecule is O=C(c1ccc2sccc2c1)N1CCCCC1c1n[nH]c(=O)[nH]1. The van der Waals surface area contributed by atoms with E-state index >= 15 is 0 Å². The fraction of sp³-hybridized carbons (Fsp3) is 0.312. The van der Waals surface area contributed by atoms with E-state index in [1.807, 2.05) is 34.5 Å². The average Bonchev–Trinajstić information content (AvgIpc) is 3.22. The molecule has 1 aliphatic rings. The molecule has 1 fully saturated rings. The molecule has 4 rings (SSSR count). The largest absolute Gasteiger partial charge is 0.340 e. The smallest absolute Gasteiger partial charge is 0.328 e. The number of nitrogens with zero attached hydrogens (tertiary/aromatic N) is 2. The van der Waals surface area contributed by atoms with Crippen LogP contribution < -0.4 is 5.69 Å². The zero-order valence-corrected chi connectivity index (χ0v) is 13.2. The summed E-state index contributed by atoms with van der Waals surface area (Å²) in [5.74, 6) is 0.534. The molecule has 1 amide bonds. The van der Waals surface area contributed by atoms with E-state index in [4.69, 9.17) is 0 Å². The summed E-state index contributed by atoms with van der Waals surface area (Å²) in [5, 5.41) is 9.52. The molecule has 1 saturated heterocycles. The normalized spacial score (nSPS) is 18.4. The maximum Gasteiger partial charge on any atom is 0.340 e. The summed E-state index contributed by atoms with van der Waals surface area (Å²) >= 11 is 1.66. The molecule has 7 heteroatoms. The first-order chi connectivity index (χ1) is 11.2. The van der Waals surface area contributed by atoms with Crippen molar-refractivity contribution in [3.63, 3.8) is 0 Å². The van der Waals surface area contributed by atoms with Gasteiger partial charge in [0, 0.05) is 16.8 Å². The molecule has 0 bridgehead atoms. The van der Waals surface area contributed by atoms with E-state index in [-0.39, 0.29) is 17.6 Å². The molecule has 2 N–H and O–H groups in total. The second kappa shape index (κ2) is 5.66. The molecule has 3 heterocycles. The van der Waals surface area contributed by atoms with E-state index < -0.39 is 0 Å². The van der Waals surface area contributed by atoms with Crippen molar-refractivity contribution < 1.29 is 4.79 Å². The van der Waals surface area contributed by atoms with Gasteiger partial charge in [0.2, 0.25) is 0 Å². The van der Waals surface area contributed by atoms with Crippen molar-refractivity contribution in [2.75, 3.05) is 6.54 Å². The average molecular weight is 328 g/mol. The van der Waals surface area contributed by atoms with Crippen molar-refractivity contribution in [2.24, 2.45) is 0 Å². The summed E-state index contributed by atoms with van der Waals surface area (Å²) in [4.78, 5) is 28.8. The molecule has 0 spiro atoms. The van der Waals surface area contributed by atoms with Crippen molar-refractivity contribution >= 4 is 27.3 Å². The van der Waals surface area contributed by atoms with Gasteiger partial charge >= 0.3 is 5.69 Å². The Morgan fingerprint density at radius 3 is 3.04 bits per heavy atom. The number of aromatic amines is 2. The predicted molar refractivity (Wildman–Crippen MR) is 88.7 cm³/mol. The van der Waals surface area contributed by atoms with Gasteiger partial charge in [-0.1, -0.05) is 0 Å². The van der Waals surface area contributed by atoms with Gasteiger partial charge in [-0.15, -0.1) is 11.3 Å². The zero-order valence-electron chi connectivity index (χ0n) is 12.4. The number of amides is 1. The highest BCUT2D eigenvalue weighted by molar-refractivity contribution is 7.17. The fourth-order valence-corrected chi connectivity index (χ4v) is 3.94. The van der Waals surface area contributed by atoms with E-state index in [9.17, 15) is 9.59 Å². The number of H-pyrrole nitrogens is 2. The topological polar surface area (TPSA) is 81.8 Å². The summed E-state index contributed by atoms with van der Waals surface area (Å²) in [7, 11) is 0. The summed E-state index contributed by atoms with van der Waals surface area (Å²) in [5.41, 5.74) is 0.346. The van der Waals surface area contributed by atoms with Crippen molar-refractivity contribution in [3.8, 4) is 0 Å². The third-order valence-electron chi connectivity index (χ3n) is 4.30. The number of benzene rings is 1. The summed E-state index contributed by atoms with van der Waals surface area (Å²) < 4.78 is 1.17. The van der Waals surface area contributed by atoms with Crippen LogP contribution >= 0.6 is 11.3 Å². The van der Waals surface area contributed by atoms with Gasteiger partial charge in [0.25, 0.3) is 5.91 Å². The number of aromatic nitrogens is 3. The van der Waals surface area contributed by atoms with Gasteiger partial charge in [0.1, 0.15) is 0 Å². The van der Waals surface area contributed by atoms with Crippen LogP contribution in [0.4, 0.5) is 0 Å². The van der Waals surface area contributed by atoms with Crippen molar-refractivity contribution in [1.82, 2.24) is 20.1 Å². The van der Waals surface area contributed by atoms with Gasteiger partial charge in [-0.05, 0) is 54.3 Å². The van der Waals surface area contributed by atoms with E-state index in [0.717, 1.165) is 24.6 Å². The van der Waals surface area contributed by atoms with Gasteiger partial charge in [0.05, 0.1) is 6.04 Å². The number of rotatable bonds is 2. The minimum absolute atomic E-state index is 0.00773. The van der Waals surface area contributed by atoms with Crippen LogP contribution in [0.5, 0.6) is 0 Å². The first-order valence-electron chi connectivity index (χ1n) is 7.65. The number of carbonyl (C=O) groups is 1. The highest BCUT2D eigenvalue weighted by Gasteiger charge is 2.30. The lowest BCUT2D eigenvalue weighted by atomic mass is 10.00. The van der Waals surface area contributed by atoms with E-state index in [1.165, 1.54) is 4.70 Å². The molecule has 2 aromatic heterocycles. The Morgan fingerprint density at radius 1 is 1.30 bits per heavy atom. The molecule has 6 nitrogen and oxygen atoms in total. The van der Waals surface area contributed by atoms with Crippen LogP contribution in [0.15, 0.2) is 34.4 Å². The Labute approximate surface area is 136 Å². The summed E-state index contributed by atoms with van der Waals surface area (Å²) in [6, 6.07) is 7.65. The number of carbonyl (C=O) groups excluding carboxylic acids is 1. The van der Waals surface area contributed by atoms with Crippen LogP contribution in [-0.4, -0.2) is 32.5 Å². The molecule has 3 aromatic rings. The fourth-order valence-electron chi connectivity index (χ4n) is 3.17. The number of nitrogens with one attached hydrogen (secondary N) is 2. The quantitative estimate of drug-likeness (QED) is 0.759. The third-order valence-corrected chi connectivity index (χ3v) is 5.20. The van der Waals surface area contributed by atoms with E-state index in [0.29, 0.717) is 17.9 Å². The lowest BCUT2D eigenvalue weighted by Crippen LogP contribution is -2.39. The van der Waals surface area contributed by atoms with Crippen LogP contribution in [0.2, 0.25) is 0 Å². The molecule has 1 aromatic carbocycles. The first-order valence-corrected chi connectivity index (χ1v) is 8.53. The summed E-state index contributed by atoms with van der Waals surface area (Å²) in [6.45, 7) is 0.681. The molecule has 118 valence electrons. The Morgan fingerprint density at radius 2 is 2.22 bits per heavy atom. The van der Waals surface area contributed by atoms with Crippen molar-refractivity contribution in [2.45, 2.75) is 25.3 Å². The third kappa shape index (κ3) is 2.57. The minimum Gasteiger partial charge on any atom is -0.328 e. The molecular weight excluding hydrogens is 312 g/mol. The zero-order chi connectivity index (χ0) is 15.8. The van der Waals surface area contributed by atoms with Crippen LogP contribution in [0, 0.1) is 0 Å². The lowest BCUT2D eigenvalue weighted by molar-refractivity contribution is 0.0600. The monoisotopic (exact) mass is 328 g/mol. The maximum atomic E-state index is 13.0. The lowest BCUT2D eigenvalue weighted by Gasteiger charge is -2.34. The van der Waals surface area contributed by atoms with Crippen LogP contribution in [0.3, 0.4) is 0 Å². The molecule has 0 aliphatic carbocycles. The highest BCUT2D eigenvalue weighted by atomic mass is 32.1. The number of thiophene rings is 1. The molecule has 1 unspecified atom stereocenters. The number of likely N-dealkylation sites (tertiary alicyclic amines) is 1. The maximum absolute atomic E-state index is 13.0. The highest BCUT2D eigenvalue weighted by Crippen LogP contribution is 2.30. The molecule has 1 aliphatic heterocycles. The van der Waals surface area contributed by atoms with E-state index in [2.05, 4.69) is 15.2 Å². The Hall–Kier alpha value is -2.41. The standard InChI is InChI=1S/C16H16N4O2S/c21-15(11-4-5-13-10(9-11)6-8-23-13)20-7-2-1-3-12(20)14-17-16(22)19-18-14/h4-6,8-9,12H,1-3,7H2,(H2,17,18,19,22). The molecule has 0 saturated carbocycles. The molecule has 23 heavy (non-hydrogen) atoms. The second-order valence-corrected chi connectivity index (χ2v) is 6.69. The van der Waals surface area contributed by atoms with Gasteiger partial charge in [-0.2, -0.15) is 5.10 Å². The number of hydrogen-bond donors (Lipinski definition) is 2. The Balaban J connectivity index is 1.68. The van der Waals surface area contributed by atoms with Crippen molar-refractivity contribution in [3.05, 3.63) is 51.5 Å². The second-order valence-electron chi connectivity index (χ2n) is 5.75. The Kier molecular flexibility index (Phi) is 3.49. The van der Waals surface area contributed by atoms with Gasteiger partial charge in [0.15, 0.2) is 5.82 Å². The summed E-state index contributed by atoms with van der Waals surface area (Å²) in [6.07, 6.45) is 2.80. The van der Waals surface area contributed by atoms with E-state index in [1.54, 1.807) is 11.3 Å². The Bertz CT molecular complexity index is 910. The number of fused-ring (bicyclic) bond motifs is 1. The van der Waals surface area contributed by atoms with Gasteiger partial charge in [-0.3, -0.25) is 9.78 Å². The van der Waals surface area contributed by atoms with Crippen molar-refractivity contribution in [1.29, 1.82) is 0 Å². The molecule has 0 radical (unpaired) electrons. The molecule has 1 atom stereocenters. The minimum atomic E-state index is -0.335. The van der Waals surface area contributed by atoms with Crippen LogP contribution in [0.1, 0.15) is 41.5 Å². The van der Waals surface area contributed by atoms with Crippen LogP contribution in [-0.2, 0) is 0 Å². The predicted octanol–water partition coefficient (Wildman–Crippen LogP) is 2.68. The van der Waals surface area contributed by atoms with Crippen LogP contribution in [0.25, 0.3) is 10.1 Å². The molecular formula is C16H16N4O2S. The first kappa shape index (κ1) is 14.2. The number of piperidine rings is 1. The number of hydrogen-bond acceptors (Lipinski definition) is 4. The van der Waals surface area contributed by atoms with Gasteiger partial charge < -0.3 is 4.90 Å². The van der Waals surface area contributed by atoms with Gasteiger partial charge in [-0.25, -0.2) is 9.89 Å².